The molecule has 5 nitrogen and oxygen atoms in total. The smallest absolute Gasteiger partial charge is 0.335 e. The molecule has 0 heterocycles. The minimum absolute atomic E-state index is 0.0726. The van der Waals surface area contributed by atoms with Crippen LogP contribution in [0.1, 0.15) is 6.42 Å². The summed E-state index contributed by atoms with van der Waals surface area (Å²) in [4.78, 5) is 10.8. The van der Waals surface area contributed by atoms with Crippen molar-refractivity contribution in [3.8, 4) is 0 Å². The first-order chi connectivity index (χ1) is 5.11. The van der Waals surface area contributed by atoms with Crippen LogP contribution in [0.2, 0.25) is 0 Å². The number of carbonyl (C=O) groups is 1. The number of methoxy groups -OCH3 is 2. The molecular formula is C6H12N2O3. The molecular weight excluding hydrogens is 148 g/mol. The topological polar surface area (TPSA) is 85.4 Å². The van der Waals surface area contributed by atoms with Gasteiger partial charge >= 0.3 is 5.97 Å². The molecule has 0 rings (SSSR count). The van der Waals surface area contributed by atoms with Crippen molar-refractivity contribution in [3.05, 3.63) is 0 Å². The highest BCUT2D eigenvalue weighted by molar-refractivity contribution is 5.84. The SMILES string of the molecule is COC(=O)C(CC(=N)N)OC. The number of amidine groups is 1. The zero-order valence-corrected chi connectivity index (χ0v) is 6.59. The molecule has 0 bridgehead atoms. The zero-order chi connectivity index (χ0) is 8.85. The standard InChI is InChI=1S/C6H12N2O3/c1-10-4(3-5(7)8)6(9)11-2/h4H,3H2,1-2H3,(H3,7,8). The molecule has 0 saturated heterocycles. The Bertz CT molecular complexity index is 158. The van der Waals surface area contributed by atoms with Crippen LogP contribution in [0, 0.1) is 5.41 Å². The lowest BCUT2D eigenvalue weighted by molar-refractivity contribution is -0.151. The van der Waals surface area contributed by atoms with E-state index >= 15 is 0 Å². The molecule has 0 fully saturated rings. The first-order valence-electron chi connectivity index (χ1n) is 3.05. The van der Waals surface area contributed by atoms with Gasteiger partial charge in [0.2, 0.25) is 0 Å². The Balaban J connectivity index is 3.94. The number of nitrogens with two attached hydrogens (primary N) is 1. The predicted octanol–water partition coefficient (Wildman–Crippen LogP) is -0.500. The van der Waals surface area contributed by atoms with Gasteiger partial charge in [-0.2, -0.15) is 0 Å². The molecule has 0 aliphatic carbocycles. The zero-order valence-electron chi connectivity index (χ0n) is 6.59. The molecule has 11 heavy (non-hydrogen) atoms. The van der Waals surface area contributed by atoms with Crippen molar-refractivity contribution in [1.29, 1.82) is 5.41 Å². The number of ether oxygens (including phenoxy) is 2. The molecule has 0 amide bonds. The third-order valence-electron chi connectivity index (χ3n) is 1.15. The van der Waals surface area contributed by atoms with Gasteiger partial charge in [-0.3, -0.25) is 5.41 Å². The van der Waals surface area contributed by atoms with E-state index in [-0.39, 0.29) is 12.3 Å². The highest BCUT2D eigenvalue weighted by Crippen LogP contribution is 1.98. The third-order valence-corrected chi connectivity index (χ3v) is 1.15. The van der Waals surface area contributed by atoms with Gasteiger partial charge in [-0.05, 0) is 0 Å². The molecule has 0 saturated carbocycles. The second-order valence-electron chi connectivity index (χ2n) is 1.98. The monoisotopic (exact) mass is 160 g/mol. The number of nitrogens with one attached hydrogen (secondary N) is 1. The van der Waals surface area contributed by atoms with Gasteiger partial charge in [0.15, 0.2) is 6.10 Å². The van der Waals surface area contributed by atoms with E-state index in [2.05, 4.69) is 4.74 Å². The van der Waals surface area contributed by atoms with Crippen molar-refractivity contribution < 1.29 is 14.3 Å². The second-order valence-corrected chi connectivity index (χ2v) is 1.98. The fourth-order valence-corrected chi connectivity index (χ4v) is 0.594. The van der Waals surface area contributed by atoms with Gasteiger partial charge in [-0.15, -0.1) is 0 Å². The quantitative estimate of drug-likeness (QED) is 0.330. The van der Waals surface area contributed by atoms with E-state index in [0.29, 0.717) is 0 Å². The molecule has 0 spiro atoms. The van der Waals surface area contributed by atoms with Crippen LogP contribution in [-0.4, -0.2) is 32.1 Å². The third kappa shape index (κ3) is 3.57. The molecule has 1 unspecified atom stereocenters. The molecule has 0 aliphatic heterocycles. The van der Waals surface area contributed by atoms with E-state index in [1.807, 2.05) is 0 Å². The fraction of sp³-hybridized carbons (Fsp3) is 0.667. The molecule has 1 atom stereocenters. The molecule has 0 radical (unpaired) electrons. The number of hydrogen-bond acceptors (Lipinski definition) is 4. The Kier molecular flexibility index (Phi) is 4.21. The second kappa shape index (κ2) is 4.68. The van der Waals surface area contributed by atoms with E-state index in [9.17, 15) is 4.79 Å². The summed E-state index contributed by atoms with van der Waals surface area (Å²) >= 11 is 0. The summed E-state index contributed by atoms with van der Waals surface area (Å²) in [6.07, 6.45) is -0.680. The van der Waals surface area contributed by atoms with Crippen molar-refractivity contribution in [2.75, 3.05) is 14.2 Å². The van der Waals surface area contributed by atoms with Crippen LogP contribution in [0.3, 0.4) is 0 Å². The maximum atomic E-state index is 10.8. The molecule has 0 aliphatic rings. The lowest BCUT2D eigenvalue weighted by atomic mass is 10.2. The van der Waals surface area contributed by atoms with Crippen LogP contribution in [0.25, 0.3) is 0 Å². The van der Waals surface area contributed by atoms with E-state index in [4.69, 9.17) is 15.9 Å². The summed E-state index contributed by atoms with van der Waals surface area (Å²) < 4.78 is 9.11. The largest absolute Gasteiger partial charge is 0.467 e. The minimum atomic E-state index is -0.752. The average Bonchev–Trinajstić information content (AvgIpc) is 1.98. The van der Waals surface area contributed by atoms with Crippen molar-refractivity contribution in [3.63, 3.8) is 0 Å². The minimum Gasteiger partial charge on any atom is -0.467 e. The van der Waals surface area contributed by atoms with Gasteiger partial charge in [0.25, 0.3) is 0 Å². The molecule has 5 heteroatoms. The highest BCUT2D eigenvalue weighted by Gasteiger charge is 2.18. The predicted molar refractivity (Wildman–Crippen MR) is 39.3 cm³/mol. The van der Waals surface area contributed by atoms with E-state index in [1.165, 1.54) is 14.2 Å². The van der Waals surface area contributed by atoms with Crippen molar-refractivity contribution in [1.82, 2.24) is 0 Å². The van der Waals surface area contributed by atoms with Crippen LogP contribution >= 0.6 is 0 Å². The number of esters is 1. The summed E-state index contributed by atoms with van der Waals surface area (Å²) in [7, 11) is 2.62. The Hall–Kier alpha value is -1.10. The molecule has 64 valence electrons. The van der Waals surface area contributed by atoms with Crippen LogP contribution in [-0.2, 0) is 14.3 Å². The normalized spacial score (nSPS) is 12.2. The lowest BCUT2D eigenvalue weighted by Crippen LogP contribution is -2.29. The summed E-state index contributed by atoms with van der Waals surface area (Å²) in [5, 5.41) is 6.89. The summed E-state index contributed by atoms with van der Waals surface area (Å²) in [5.41, 5.74) is 5.06. The van der Waals surface area contributed by atoms with Crippen LogP contribution in [0.15, 0.2) is 0 Å². The van der Waals surface area contributed by atoms with Gasteiger partial charge < -0.3 is 15.2 Å². The van der Waals surface area contributed by atoms with Crippen molar-refractivity contribution >= 4 is 11.8 Å². The van der Waals surface area contributed by atoms with E-state index in [0.717, 1.165) is 0 Å². The Labute approximate surface area is 65.0 Å². The first-order valence-corrected chi connectivity index (χ1v) is 3.05. The van der Waals surface area contributed by atoms with Crippen LogP contribution in [0.4, 0.5) is 0 Å². The number of carbonyl (C=O) groups excluding carboxylic acids is 1. The van der Waals surface area contributed by atoms with Gasteiger partial charge in [0.05, 0.1) is 12.9 Å². The van der Waals surface area contributed by atoms with Crippen LogP contribution in [0.5, 0.6) is 0 Å². The highest BCUT2D eigenvalue weighted by atomic mass is 16.6. The van der Waals surface area contributed by atoms with Gasteiger partial charge in [0, 0.05) is 13.5 Å². The Morgan fingerprint density at radius 3 is 2.45 bits per heavy atom. The maximum absolute atomic E-state index is 10.8. The van der Waals surface area contributed by atoms with Gasteiger partial charge in [-0.1, -0.05) is 0 Å². The van der Waals surface area contributed by atoms with Gasteiger partial charge in [-0.25, -0.2) is 4.79 Å². The molecule has 0 aromatic rings. The summed E-state index contributed by atoms with van der Waals surface area (Å²) in [6.45, 7) is 0. The summed E-state index contributed by atoms with van der Waals surface area (Å²) in [5.74, 6) is -0.607. The Morgan fingerprint density at radius 2 is 2.18 bits per heavy atom. The number of rotatable bonds is 4. The summed E-state index contributed by atoms with van der Waals surface area (Å²) in [6, 6.07) is 0. The molecule has 0 aromatic heterocycles. The first kappa shape index (κ1) is 9.90. The van der Waals surface area contributed by atoms with Gasteiger partial charge in [0.1, 0.15) is 0 Å². The lowest BCUT2D eigenvalue weighted by Gasteiger charge is -2.10. The van der Waals surface area contributed by atoms with E-state index in [1.54, 1.807) is 0 Å². The average molecular weight is 160 g/mol. The van der Waals surface area contributed by atoms with Crippen LogP contribution < -0.4 is 5.73 Å². The number of hydrogen-bond donors (Lipinski definition) is 2. The molecule has 3 N–H and O–H groups in total. The Morgan fingerprint density at radius 1 is 1.64 bits per heavy atom. The van der Waals surface area contributed by atoms with Crippen molar-refractivity contribution in [2.45, 2.75) is 12.5 Å². The maximum Gasteiger partial charge on any atom is 0.335 e. The fourth-order valence-electron chi connectivity index (χ4n) is 0.594. The molecule has 0 aromatic carbocycles. The van der Waals surface area contributed by atoms with Crippen molar-refractivity contribution in [2.24, 2.45) is 5.73 Å². The van der Waals surface area contributed by atoms with E-state index < -0.39 is 12.1 Å².